The Kier molecular flexibility index (Phi) is 4.62. The fraction of sp³-hybridized carbons (Fsp3) is 0.500. The quantitative estimate of drug-likeness (QED) is 0.766. The molecule has 114 valence electrons. The molecule has 7 nitrogen and oxygen atoms in total. The number of urea groups is 1. The van der Waals surface area contributed by atoms with Gasteiger partial charge in [-0.3, -0.25) is 14.5 Å². The second-order valence-corrected chi connectivity index (χ2v) is 5.27. The van der Waals surface area contributed by atoms with Crippen LogP contribution in [0.1, 0.15) is 32.4 Å². The summed E-state index contributed by atoms with van der Waals surface area (Å²) < 4.78 is 5.13. The molecule has 0 bridgehead atoms. The van der Waals surface area contributed by atoms with Gasteiger partial charge in [-0.25, -0.2) is 4.79 Å². The van der Waals surface area contributed by atoms with Crippen LogP contribution in [-0.2, 0) is 16.1 Å². The summed E-state index contributed by atoms with van der Waals surface area (Å²) in [6.07, 6.45) is 1.97. The van der Waals surface area contributed by atoms with Crippen molar-refractivity contribution in [1.82, 2.24) is 15.5 Å². The topological polar surface area (TPSA) is 91.7 Å². The van der Waals surface area contributed by atoms with Crippen LogP contribution in [-0.4, -0.2) is 34.8 Å². The number of furan rings is 1. The highest BCUT2D eigenvalue weighted by molar-refractivity contribution is 6.04. The predicted molar refractivity (Wildman–Crippen MR) is 74.1 cm³/mol. The lowest BCUT2D eigenvalue weighted by atomic mass is 10.1. The fourth-order valence-electron chi connectivity index (χ4n) is 2.15. The van der Waals surface area contributed by atoms with Crippen molar-refractivity contribution < 1.29 is 18.8 Å². The van der Waals surface area contributed by atoms with E-state index in [0.29, 0.717) is 5.76 Å². The Morgan fingerprint density at radius 2 is 2.24 bits per heavy atom. The van der Waals surface area contributed by atoms with Gasteiger partial charge in [0.05, 0.1) is 12.8 Å². The molecule has 2 rings (SSSR count). The molecule has 1 aromatic rings. The zero-order valence-electron chi connectivity index (χ0n) is 12.1. The van der Waals surface area contributed by atoms with E-state index in [1.807, 2.05) is 13.8 Å². The molecule has 1 aromatic heterocycles. The second kappa shape index (κ2) is 6.43. The molecule has 2 heterocycles. The lowest BCUT2D eigenvalue weighted by Gasteiger charge is -2.12. The largest absolute Gasteiger partial charge is 0.467 e. The van der Waals surface area contributed by atoms with Crippen molar-refractivity contribution in [2.75, 3.05) is 0 Å². The first-order valence-corrected chi connectivity index (χ1v) is 6.91. The van der Waals surface area contributed by atoms with Crippen LogP contribution in [0.4, 0.5) is 4.79 Å². The lowest BCUT2D eigenvalue weighted by Crippen LogP contribution is -2.34. The van der Waals surface area contributed by atoms with Crippen molar-refractivity contribution in [2.24, 2.45) is 0 Å². The minimum atomic E-state index is -0.648. The highest BCUT2D eigenvalue weighted by Gasteiger charge is 2.38. The monoisotopic (exact) mass is 293 g/mol. The van der Waals surface area contributed by atoms with Crippen LogP contribution in [0.3, 0.4) is 0 Å². The third-order valence-corrected chi connectivity index (χ3v) is 3.11. The number of imide groups is 1. The van der Waals surface area contributed by atoms with Gasteiger partial charge in [0.15, 0.2) is 0 Å². The van der Waals surface area contributed by atoms with E-state index in [1.54, 1.807) is 12.1 Å². The van der Waals surface area contributed by atoms with Crippen LogP contribution >= 0.6 is 0 Å². The molecule has 0 aliphatic carbocycles. The summed E-state index contributed by atoms with van der Waals surface area (Å²) >= 11 is 0. The van der Waals surface area contributed by atoms with E-state index in [0.717, 1.165) is 4.90 Å². The maximum atomic E-state index is 12.1. The molecule has 0 aromatic carbocycles. The van der Waals surface area contributed by atoms with E-state index in [-0.39, 0.29) is 37.2 Å². The van der Waals surface area contributed by atoms with Crippen molar-refractivity contribution in [3.8, 4) is 0 Å². The standard InChI is InChI=1S/C14H19N3O4/c1-9(2)15-12(18)6-5-11-13(19)17(14(20)16-11)8-10-4-3-7-21-10/h3-4,7,9,11H,5-6,8H2,1-2H3,(H,15,18)(H,16,20)/t11-/m0/s1. The van der Waals surface area contributed by atoms with Gasteiger partial charge in [-0.2, -0.15) is 0 Å². The first kappa shape index (κ1) is 15.1. The zero-order chi connectivity index (χ0) is 15.4. The fourth-order valence-corrected chi connectivity index (χ4v) is 2.15. The zero-order valence-corrected chi connectivity index (χ0v) is 12.1. The molecule has 7 heteroatoms. The molecule has 1 aliphatic rings. The molecule has 0 saturated carbocycles. The molecule has 0 radical (unpaired) electrons. The molecule has 1 saturated heterocycles. The van der Waals surface area contributed by atoms with Gasteiger partial charge >= 0.3 is 6.03 Å². The average Bonchev–Trinajstić information content (AvgIpc) is 2.99. The van der Waals surface area contributed by atoms with Gasteiger partial charge in [0.25, 0.3) is 5.91 Å². The van der Waals surface area contributed by atoms with Crippen molar-refractivity contribution >= 4 is 17.8 Å². The first-order valence-electron chi connectivity index (χ1n) is 6.91. The van der Waals surface area contributed by atoms with E-state index < -0.39 is 12.1 Å². The Balaban J connectivity index is 1.87. The van der Waals surface area contributed by atoms with Crippen LogP contribution < -0.4 is 10.6 Å². The number of hydrogen-bond acceptors (Lipinski definition) is 4. The Bertz CT molecular complexity index is 524. The Morgan fingerprint density at radius 1 is 1.48 bits per heavy atom. The predicted octanol–water partition coefficient (Wildman–Crippen LogP) is 1.00. The highest BCUT2D eigenvalue weighted by atomic mass is 16.3. The van der Waals surface area contributed by atoms with E-state index in [2.05, 4.69) is 10.6 Å². The second-order valence-electron chi connectivity index (χ2n) is 5.27. The Morgan fingerprint density at radius 3 is 2.86 bits per heavy atom. The average molecular weight is 293 g/mol. The van der Waals surface area contributed by atoms with E-state index in [4.69, 9.17) is 4.42 Å². The first-order chi connectivity index (χ1) is 9.97. The Labute approximate surface area is 122 Å². The number of nitrogens with zero attached hydrogens (tertiary/aromatic N) is 1. The van der Waals surface area contributed by atoms with Gasteiger partial charge in [0.2, 0.25) is 5.91 Å². The van der Waals surface area contributed by atoms with Gasteiger partial charge < -0.3 is 15.1 Å². The maximum Gasteiger partial charge on any atom is 0.325 e. The molecule has 0 unspecified atom stereocenters. The number of carbonyl (C=O) groups excluding carboxylic acids is 3. The van der Waals surface area contributed by atoms with Crippen molar-refractivity contribution in [2.45, 2.75) is 45.3 Å². The minimum absolute atomic E-state index is 0.0572. The van der Waals surface area contributed by atoms with Crippen LogP contribution in [0, 0.1) is 0 Å². The molecular weight excluding hydrogens is 274 g/mol. The van der Waals surface area contributed by atoms with Gasteiger partial charge in [0.1, 0.15) is 11.8 Å². The highest BCUT2D eigenvalue weighted by Crippen LogP contribution is 2.15. The number of amides is 4. The van der Waals surface area contributed by atoms with Gasteiger partial charge in [-0.1, -0.05) is 0 Å². The van der Waals surface area contributed by atoms with Crippen LogP contribution in [0.2, 0.25) is 0 Å². The minimum Gasteiger partial charge on any atom is -0.467 e. The smallest absolute Gasteiger partial charge is 0.325 e. The molecule has 2 N–H and O–H groups in total. The molecule has 0 spiro atoms. The van der Waals surface area contributed by atoms with Gasteiger partial charge in [-0.15, -0.1) is 0 Å². The SMILES string of the molecule is CC(C)NC(=O)CC[C@@H]1NC(=O)N(Cc2ccco2)C1=O. The summed E-state index contributed by atoms with van der Waals surface area (Å²) in [6.45, 7) is 3.84. The van der Waals surface area contributed by atoms with E-state index in [1.165, 1.54) is 6.26 Å². The summed E-state index contributed by atoms with van der Waals surface area (Å²) in [5.41, 5.74) is 0. The summed E-state index contributed by atoms with van der Waals surface area (Å²) in [5.74, 6) is 0.0852. The van der Waals surface area contributed by atoms with Crippen LogP contribution in [0.15, 0.2) is 22.8 Å². The molecule has 21 heavy (non-hydrogen) atoms. The van der Waals surface area contributed by atoms with Crippen molar-refractivity contribution in [1.29, 1.82) is 0 Å². The molecule has 1 fully saturated rings. The summed E-state index contributed by atoms with van der Waals surface area (Å²) in [7, 11) is 0. The van der Waals surface area contributed by atoms with Gasteiger partial charge in [-0.05, 0) is 32.4 Å². The maximum absolute atomic E-state index is 12.1. The number of rotatable bonds is 6. The Hall–Kier alpha value is -2.31. The third-order valence-electron chi connectivity index (χ3n) is 3.11. The normalized spacial score (nSPS) is 18.2. The molecule has 1 aliphatic heterocycles. The summed E-state index contributed by atoms with van der Waals surface area (Å²) in [6, 6.07) is 2.35. The number of carbonyl (C=O) groups is 3. The summed E-state index contributed by atoms with van der Waals surface area (Å²) in [5, 5.41) is 5.34. The number of hydrogen-bond donors (Lipinski definition) is 2. The van der Waals surface area contributed by atoms with E-state index >= 15 is 0 Å². The van der Waals surface area contributed by atoms with Crippen LogP contribution in [0.25, 0.3) is 0 Å². The van der Waals surface area contributed by atoms with Crippen LogP contribution in [0.5, 0.6) is 0 Å². The van der Waals surface area contributed by atoms with Crippen molar-refractivity contribution in [3.63, 3.8) is 0 Å². The summed E-state index contributed by atoms with van der Waals surface area (Å²) in [4.78, 5) is 36.6. The lowest BCUT2D eigenvalue weighted by molar-refractivity contribution is -0.128. The third kappa shape index (κ3) is 3.84. The molecule has 1 atom stereocenters. The van der Waals surface area contributed by atoms with E-state index in [9.17, 15) is 14.4 Å². The number of nitrogens with one attached hydrogen (secondary N) is 2. The molecular formula is C14H19N3O4. The van der Waals surface area contributed by atoms with Gasteiger partial charge in [0, 0.05) is 12.5 Å². The molecule has 4 amide bonds. The van der Waals surface area contributed by atoms with Crippen molar-refractivity contribution in [3.05, 3.63) is 24.2 Å².